The zero-order valence-electron chi connectivity index (χ0n) is 12.5. The number of halogens is 3. The minimum Gasteiger partial charge on any atom is -0.495 e. The summed E-state index contributed by atoms with van der Waals surface area (Å²) in [5.74, 6) is -0.793. The SMILES string of the molecule is COc1ccccc1NC(=O)c1ccccc1NC(=O)C(Cl)(Cl)Cl. The summed E-state index contributed by atoms with van der Waals surface area (Å²) < 4.78 is 3.05. The maximum absolute atomic E-state index is 12.5. The van der Waals surface area contributed by atoms with Crippen molar-refractivity contribution in [2.45, 2.75) is 3.79 Å². The Hall–Kier alpha value is -1.95. The second-order valence-electron chi connectivity index (χ2n) is 4.65. The summed E-state index contributed by atoms with van der Waals surface area (Å²) >= 11 is 16.6. The van der Waals surface area contributed by atoms with Crippen LogP contribution in [-0.2, 0) is 4.79 Å². The van der Waals surface area contributed by atoms with Gasteiger partial charge in [0.15, 0.2) is 0 Å². The summed E-state index contributed by atoms with van der Waals surface area (Å²) in [6, 6.07) is 13.3. The van der Waals surface area contributed by atoms with Gasteiger partial charge in [0.2, 0.25) is 0 Å². The van der Waals surface area contributed by atoms with Crippen LogP contribution in [0.15, 0.2) is 48.5 Å². The summed E-state index contributed by atoms with van der Waals surface area (Å²) in [5.41, 5.74) is 0.930. The molecular formula is C16H13Cl3N2O3. The van der Waals surface area contributed by atoms with E-state index < -0.39 is 15.6 Å². The van der Waals surface area contributed by atoms with Gasteiger partial charge in [0.25, 0.3) is 15.6 Å². The van der Waals surface area contributed by atoms with Crippen LogP contribution in [0.3, 0.4) is 0 Å². The van der Waals surface area contributed by atoms with Gasteiger partial charge >= 0.3 is 0 Å². The summed E-state index contributed by atoms with van der Waals surface area (Å²) in [7, 11) is 1.50. The lowest BCUT2D eigenvalue weighted by atomic mass is 10.1. The van der Waals surface area contributed by atoms with Gasteiger partial charge in [-0.3, -0.25) is 9.59 Å². The van der Waals surface area contributed by atoms with Crippen molar-refractivity contribution in [3.05, 3.63) is 54.1 Å². The molecule has 0 aliphatic carbocycles. The van der Waals surface area contributed by atoms with E-state index in [4.69, 9.17) is 39.5 Å². The Balaban J connectivity index is 2.26. The molecule has 0 saturated carbocycles. The molecule has 0 saturated heterocycles. The summed E-state index contributed by atoms with van der Waals surface area (Å²) in [4.78, 5) is 24.3. The highest BCUT2D eigenvalue weighted by atomic mass is 35.6. The number of hydrogen-bond acceptors (Lipinski definition) is 3. The minimum atomic E-state index is -2.13. The zero-order chi connectivity index (χ0) is 17.7. The monoisotopic (exact) mass is 386 g/mol. The van der Waals surface area contributed by atoms with Gasteiger partial charge in [-0.2, -0.15) is 0 Å². The molecule has 0 bridgehead atoms. The average molecular weight is 388 g/mol. The molecule has 0 aliphatic rings. The first kappa shape index (κ1) is 18.4. The Kier molecular flexibility index (Phi) is 5.94. The Morgan fingerprint density at radius 3 is 2.12 bits per heavy atom. The van der Waals surface area contributed by atoms with Crippen LogP contribution in [-0.4, -0.2) is 22.7 Å². The molecule has 0 heterocycles. The number of methoxy groups -OCH3 is 1. The maximum Gasteiger partial charge on any atom is 0.276 e. The van der Waals surface area contributed by atoms with Gasteiger partial charge in [-0.15, -0.1) is 0 Å². The second kappa shape index (κ2) is 7.75. The average Bonchev–Trinajstić information content (AvgIpc) is 2.55. The number of carbonyl (C=O) groups is 2. The van der Waals surface area contributed by atoms with Crippen LogP contribution < -0.4 is 15.4 Å². The molecule has 0 atom stereocenters. The molecule has 0 fully saturated rings. The number of amides is 2. The van der Waals surface area contributed by atoms with Crippen LogP contribution in [0, 0.1) is 0 Å². The number of benzene rings is 2. The number of alkyl halides is 3. The van der Waals surface area contributed by atoms with E-state index in [1.165, 1.54) is 13.2 Å². The number of ether oxygens (including phenoxy) is 1. The predicted octanol–water partition coefficient (Wildman–Crippen LogP) is 4.26. The van der Waals surface area contributed by atoms with Gasteiger partial charge in [0, 0.05) is 0 Å². The lowest BCUT2D eigenvalue weighted by Gasteiger charge is -2.15. The fraction of sp³-hybridized carbons (Fsp3) is 0.125. The molecule has 0 aliphatic heterocycles. The van der Waals surface area contributed by atoms with Crippen molar-refractivity contribution >= 4 is 58.0 Å². The second-order valence-corrected chi connectivity index (χ2v) is 6.93. The smallest absolute Gasteiger partial charge is 0.276 e. The van der Waals surface area contributed by atoms with Gasteiger partial charge < -0.3 is 15.4 Å². The summed E-state index contributed by atoms with van der Waals surface area (Å²) in [6.07, 6.45) is 0. The Morgan fingerprint density at radius 2 is 1.50 bits per heavy atom. The van der Waals surface area contributed by atoms with Crippen LogP contribution in [0.4, 0.5) is 11.4 Å². The first-order valence-corrected chi connectivity index (χ1v) is 7.88. The number of para-hydroxylation sites is 3. The van der Waals surface area contributed by atoms with Crippen LogP contribution in [0.25, 0.3) is 0 Å². The minimum absolute atomic E-state index is 0.214. The summed E-state index contributed by atoms with van der Waals surface area (Å²) in [5, 5.41) is 5.13. The van der Waals surface area contributed by atoms with E-state index in [9.17, 15) is 9.59 Å². The zero-order valence-corrected chi connectivity index (χ0v) is 14.7. The van der Waals surface area contributed by atoms with Gasteiger partial charge in [-0.05, 0) is 24.3 Å². The number of hydrogen-bond donors (Lipinski definition) is 2. The Labute approximate surface area is 153 Å². The highest BCUT2D eigenvalue weighted by molar-refractivity contribution is 6.76. The van der Waals surface area contributed by atoms with E-state index >= 15 is 0 Å². The van der Waals surface area contributed by atoms with E-state index in [2.05, 4.69) is 10.6 Å². The summed E-state index contributed by atoms with van der Waals surface area (Å²) in [6.45, 7) is 0. The highest BCUT2D eigenvalue weighted by Crippen LogP contribution is 2.29. The number of carbonyl (C=O) groups excluding carboxylic acids is 2. The number of anilines is 2. The van der Waals surface area contributed by atoms with Gasteiger partial charge in [-0.1, -0.05) is 59.1 Å². The highest BCUT2D eigenvalue weighted by Gasteiger charge is 2.31. The third-order valence-corrected chi connectivity index (χ3v) is 3.55. The standard InChI is InChI=1S/C16H13Cl3N2O3/c1-24-13-9-5-4-8-12(13)20-14(22)10-6-2-3-7-11(10)21-15(23)16(17,18)19/h2-9H,1H3,(H,20,22)(H,21,23). The topological polar surface area (TPSA) is 67.4 Å². The first-order chi connectivity index (χ1) is 11.3. The molecule has 2 N–H and O–H groups in total. The van der Waals surface area contributed by atoms with E-state index in [1.807, 2.05) is 0 Å². The van der Waals surface area contributed by atoms with Crippen molar-refractivity contribution in [3.8, 4) is 5.75 Å². The van der Waals surface area contributed by atoms with Crippen LogP contribution in [0.5, 0.6) is 5.75 Å². The quantitative estimate of drug-likeness (QED) is 0.770. The van der Waals surface area contributed by atoms with Crippen LogP contribution in [0.2, 0.25) is 0 Å². The molecule has 2 aromatic rings. The van der Waals surface area contributed by atoms with E-state index in [1.54, 1.807) is 42.5 Å². The van der Waals surface area contributed by atoms with Gasteiger partial charge in [-0.25, -0.2) is 0 Å². The number of nitrogens with one attached hydrogen (secondary N) is 2. The lowest BCUT2D eigenvalue weighted by molar-refractivity contribution is -0.115. The number of rotatable bonds is 4. The third kappa shape index (κ3) is 4.54. The molecule has 0 unspecified atom stereocenters. The molecule has 2 aromatic carbocycles. The van der Waals surface area contributed by atoms with Crippen molar-refractivity contribution in [3.63, 3.8) is 0 Å². The van der Waals surface area contributed by atoms with E-state index in [0.29, 0.717) is 11.4 Å². The normalized spacial score (nSPS) is 10.8. The molecule has 0 spiro atoms. The molecule has 24 heavy (non-hydrogen) atoms. The lowest BCUT2D eigenvalue weighted by Crippen LogP contribution is -2.28. The predicted molar refractivity (Wildman–Crippen MR) is 96.3 cm³/mol. The van der Waals surface area contributed by atoms with Crippen molar-refractivity contribution in [1.29, 1.82) is 0 Å². The Morgan fingerprint density at radius 1 is 0.917 bits per heavy atom. The van der Waals surface area contributed by atoms with Gasteiger partial charge in [0.1, 0.15) is 5.75 Å². The fourth-order valence-electron chi connectivity index (χ4n) is 1.92. The first-order valence-electron chi connectivity index (χ1n) is 6.74. The van der Waals surface area contributed by atoms with Crippen molar-refractivity contribution in [2.75, 3.05) is 17.7 Å². The molecule has 8 heteroatoms. The molecule has 5 nitrogen and oxygen atoms in total. The Bertz CT molecular complexity index is 760. The molecular weight excluding hydrogens is 375 g/mol. The molecule has 0 aromatic heterocycles. The largest absolute Gasteiger partial charge is 0.495 e. The van der Waals surface area contributed by atoms with Crippen molar-refractivity contribution in [1.82, 2.24) is 0 Å². The van der Waals surface area contributed by atoms with Crippen LogP contribution >= 0.6 is 34.8 Å². The molecule has 2 amide bonds. The van der Waals surface area contributed by atoms with E-state index in [-0.39, 0.29) is 11.3 Å². The maximum atomic E-state index is 12.5. The van der Waals surface area contributed by atoms with Crippen molar-refractivity contribution < 1.29 is 14.3 Å². The third-order valence-electron chi connectivity index (χ3n) is 3.03. The fourth-order valence-corrected chi connectivity index (χ4v) is 2.06. The van der Waals surface area contributed by atoms with Crippen LogP contribution in [0.1, 0.15) is 10.4 Å². The van der Waals surface area contributed by atoms with Crippen molar-refractivity contribution in [2.24, 2.45) is 0 Å². The molecule has 126 valence electrons. The van der Waals surface area contributed by atoms with E-state index in [0.717, 1.165) is 0 Å². The molecule has 0 radical (unpaired) electrons. The molecule has 2 rings (SSSR count). The van der Waals surface area contributed by atoms with Gasteiger partial charge in [0.05, 0.1) is 24.0 Å².